The molecule has 12 heteroatoms. The summed E-state index contributed by atoms with van der Waals surface area (Å²) in [6.07, 6.45) is -3.61. The number of benzene rings is 1. The van der Waals surface area contributed by atoms with Gasteiger partial charge in [-0.05, 0) is 17.7 Å². The van der Waals surface area contributed by atoms with Gasteiger partial charge in [0.25, 0.3) is 12.9 Å². The molecule has 0 fully saturated rings. The predicted molar refractivity (Wildman–Crippen MR) is 93.5 cm³/mol. The van der Waals surface area contributed by atoms with Crippen LogP contribution in [0.4, 0.5) is 27.6 Å². The highest BCUT2D eigenvalue weighted by Gasteiger charge is 2.28. The van der Waals surface area contributed by atoms with E-state index in [1.165, 1.54) is 29.2 Å². The van der Waals surface area contributed by atoms with Crippen LogP contribution in [0.3, 0.4) is 0 Å². The van der Waals surface area contributed by atoms with Gasteiger partial charge in [0.1, 0.15) is 23.7 Å². The number of halogens is 6. The zero-order valence-electron chi connectivity index (χ0n) is 14.5. The molecule has 0 atom stereocenters. The number of carbonyl (C=O) groups excluding carboxylic acids is 1. The van der Waals surface area contributed by atoms with Crippen molar-refractivity contribution in [3.05, 3.63) is 64.5 Å². The SMILES string of the molecule is O=C(Cn1nc(C(F)F)c(Cl)c1C(F)F)Nc1cnn(Cc2cccc(F)c2)c1. The van der Waals surface area contributed by atoms with Gasteiger partial charge in [-0.2, -0.15) is 10.2 Å². The van der Waals surface area contributed by atoms with E-state index in [0.717, 1.165) is 0 Å². The van der Waals surface area contributed by atoms with Crippen molar-refractivity contribution in [3.63, 3.8) is 0 Å². The minimum Gasteiger partial charge on any atom is -0.322 e. The Morgan fingerprint density at radius 2 is 1.97 bits per heavy atom. The maximum Gasteiger partial charge on any atom is 0.283 e. The maximum absolute atomic E-state index is 13.2. The molecule has 1 aromatic carbocycles. The molecule has 0 radical (unpaired) electrons. The van der Waals surface area contributed by atoms with Crippen LogP contribution in [-0.4, -0.2) is 25.5 Å². The second kappa shape index (κ2) is 8.60. The van der Waals surface area contributed by atoms with Crippen LogP contribution >= 0.6 is 11.6 Å². The monoisotopic (exact) mass is 433 g/mol. The van der Waals surface area contributed by atoms with Gasteiger partial charge in [0.2, 0.25) is 5.91 Å². The Kier molecular flexibility index (Phi) is 6.16. The quantitative estimate of drug-likeness (QED) is 0.560. The topological polar surface area (TPSA) is 64.7 Å². The molecule has 3 aromatic rings. The van der Waals surface area contributed by atoms with Gasteiger partial charge in [-0.1, -0.05) is 23.7 Å². The number of amides is 1. The minimum atomic E-state index is -3.19. The molecule has 6 nitrogen and oxygen atoms in total. The van der Waals surface area contributed by atoms with Crippen LogP contribution in [0.15, 0.2) is 36.7 Å². The maximum atomic E-state index is 13.2. The van der Waals surface area contributed by atoms with Crippen molar-refractivity contribution < 1.29 is 26.7 Å². The van der Waals surface area contributed by atoms with Crippen LogP contribution in [0, 0.1) is 5.82 Å². The second-order valence-electron chi connectivity index (χ2n) is 5.95. The number of anilines is 1. The third-order valence-electron chi connectivity index (χ3n) is 3.81. The number of hydrogen-bond acceptors (Lipinski definition) is 3. The lowest BCUT2D eigenvalue weighted by Crippen LogP contribution is -2.21. The van der Waals surface area contributed by atoms with E-state index in [4.69, 9.17) is 11.6 Å². The smallest absolute Gasteiger partial charge is 0.283 e. The van der Waals surface area contributed by atoms with E-state index in [1.54, 1.807) is 12.1 Å². The molecule has 29 heavy (non-hydrogen) atoms. The molecule has 0 bridgehead atoms. The molecule has 3 rings (SSSR count). The number of nitrogens with one attached hydrogen (secondary N) is 1. The highest BCUT2D eigenvalue weighted by atomic mass is 35.5. The highest BCUT2D eigenvalue weighted by Crippen LogP contribution is 2.34. The van der Waals surface area contributed by atoms with Gasteiger partial charge in [0.05, 0.1) is 23.5 Å². The van der Waals surface area contributed by atoms with Gasteiger partial charge in [0, 0.05) is 6.20 Å². The van der Waals surface area contributed by atoms with Gasteiger partial charge in [0.15, 0.2) is 0 Å². The molecule has 0 aliphatic heterocycles. The molecule has 2 aromatic heterocycles. The molecule has 1 amide bonds. The molecular weight excluding hydrogens is 421 g/mol. The number of aromatic nitrogens is 4. The lowest BCUT2D eigenvalue weighted by molar-refractivity contribution is -0.117. The van der Waals surface area contributed by atoms with Crippen LogP contribution in [0.2, 0.25) is 5.02 Å². The Hall–Kier alpha value is -2.95. The molecular formula is C17H13ClF5N5O. The molecule has 0 unspecified atom stereocenters. The van der Waals surface area contributed by atoms with Gasteiger partial charge in [-0.15, -0.1) is 0 Å². The summed E-state index contributed by atoms with van der Waals surface area (Å²) < 4.78 is 67.0. The van der Waals surface area contributed by atoms with Crippen molar-refractivity contribution >= 4 is 23.2 Å². The Labute approximate surface area is 165 Å². The third-order valence-corrected chi connectivity index (χ3v) is 4.20. The average molecular weight is 434 g/mol. The van der Waals surface area contributed by atoms with E-state index in [-0.39, 0.29) is 12.2 Å². The molecule has 0 spiro atoms. The van der Waals surface area contributed by atoms with Crippen LogP contribution in [0.25, 0.3) is 0 Å². The summed E-state index contributed by atoms with van der Waals surface area (Å²) in [5.41, 5.74) is -1.10. The van der Waals surface area contributed by atoms with E-state index in [9.17, 15) is 26.7 Å². The molecule has 154 valence electrons. The van der Waals surface area contributed by atoms with E-state index >= 15 is 0 Å². The second-order valence-corrected chi connectivity index (χ2v) is 6.33. The zero-order chi connectivity index (χ0) is 21.1. The number of carbonyl (C=O) groups is 1. The summed E-state index contributed by atoms with van der Waals surface area (Å²) >= 11 is 5.54. The number of rotatable bonds is 7. The normalized spacial score (nSPS) is 11.4. The summed E-state index contributed by atoms with van der Waals surface area (Å²) in [6.45, 7) is -0.517. The van der Waals surface area contributed by atoms with Crippen molar-refractivity contribution in [3.8, 4) is 0 Å². The standard InChI is InChI=1S/C17H13ClF5N5O/c18-13-14(16(20)21)26-28(15(13)17(22)23)8-12(29)25-11-5-24-27(7-11)6-9-2-1-3-10(19)4-9/h1-5,7,16-17H,6,8H2,(H,25,29). The number of nitrogens with zero attached hydrogens (tertiary/aromatic N) is 4. The first-order chi connectivity index (χ1) is 13.7. The molecule has 0 aliphatic carbocycles. The van der Waals surface area contributed by atoms with Crippen LogP contribution in [0.1, 0.15) is 29.8 Å². The van der Waals surface area contributed by atoms with Gasteiger partial charge < -0.3 is 5.32 Å². The fourth-order valence-corrected chi connectivity index (χ4v) is 2.91. The molecule has 1 N–H and O–H groups in total. The fraction of sp³-hybridized carbons (Fsp3) is 0.235. The van der Waals surface area contributed by atoms with Crippen LogP contribution in [0.5, 0.6) is 0 Å². The molecule has 0 saturated heterocycles. The van der Waals surface area contributed by atoms with Gasteiger partial charge in [-0.3, -0.25) is 14.2 Å². The van der Waals surface area contributed by atoms with Crippen molar-refractivity contribution in [2.45, 2.75) is 25.9 Å². The summed E-state index contributed by atoms with van der Waals surface area (Å²) in [7, 11) is 0. The number of hydrogen-bond donors (Lipinski definition) is 1. The Bertz CT molecular complexity index is 1020. The van der Waals surface area contributed by atoms with Gasteiger partial charge >= 0.3 is 0 Å². The summed E-state index contributed by atoms with van der Waals surface area (Å²) in [5.74, 6) is -1.20. The van der Waals surface area contributed by atoms with Crippen molar-refractivity contribution in [2.75, 3.05) is 5.32 Å². The summed E-state index contributed by atoms with van der Waals surface area (Å²) in [4.78, 5) is 12.1. The van der Waals surface area contributed by atoms with Crippen molar-refractivity contribution in [1.82, 2.24) is 19.6 Å². The summed E-state index contributed by atoms with van der Waals surface area (Å²) in [5, 5.41) is 8.85. The summed E-state index contributed by atoms with van der Waals surface area (Å²) in [6, 6.07) is 5.86. The van der Waals surface area contributed by atoms with E-state index in [1.807, 2.05) is 0 Å². The first-order valence-electron chi connectivity index (χ1n) is 8.13. The van der Waals surface area contributed by atoms with E-state index < -0.39 is 47.5 Å². The molecule has 0 aliphatic rings. The van der Waals surface area contributed by atoms with Crippen LogP contribution < -0.4 is 5.32 Å². The average Bonchev–Trinajstić information content (AvgIpc) is 3.18. The first-order valence-corrected chi connectivity index (χ1v) is 8.51. The molecule has 0 saturated carbocycles. The van der Waals surface area contributed by atoms with E-state index in [0.29, 0.717) is 10.2 Å². The lowest BCUT2D eigenvalue weighted by atomic mass is 10.2. The lowest BCUT2D eigenvalue weighted by Gasteiger charge is -2.07. The largest absolute Gasteiger partial charge is 0.322 e. The highest BCUT2D eigenvalue weighted by molar-refractivity contribution is 6.32. The minimum absolute atomic E-state index is 0.232. The Morgan fingerprint density at radius 1 is 1.21 bits per heavy atom. The number of alkyl halides is 4. The fourth-order valence-electron chi connectivity index (χ4n) is 2.61. The van der Waals surface area contributed by atoms with E-state index in [2.05, 4.69) is 15.5 Å². The van der Waals surface area contributed by atoms with Crippen molar-refractivity contribution in [2.24, 2.45) is 0 Å². The van der Waals surface area contributed by atoms with Gasteiger partial charge in [-0.25, -0.2) is 22.0 Å². The Balaban J connectivity index is 1.69. The molecule has 2 heterocycles. The third kappa shape index (κ3) is 4.91. The first kappa shape index (κ1) is 20.8. The zero-order valence-corrected chi connectivity index (χ0v) is 15.3. The predicted octanol–water partition coefficient (Wildman–Crippen LogP) is 4.43. The van der Waals surface area contributed by atoms with Crippen molar-refractivity contribution in [1.29, 1.82) is 0 Å². The van der Waals surface area contributed by atoms with Crippen LogP contribution in [-0.2, 0) is 17.9 Å². The Morgan fingerprint density at radius 3 is 2.62 bits per heavy atom.